The van der Waals surface area contributed by atoms with E-state index in [0.717, 1.165) is 32.2 Å². The number of likely N-dealkylation sites (tertiary alicyclic amines) is 1. The summed E-state index contributed by atoms with van der Waals surface area (Å²) in [5, 5.41) is 0. The van der Waals surface area contributed by atoms with E-state index in [1.54, 1.807) is 12.3 Å². The van der Waals surface area contributed by atoms with E-state index in [2.05, 4.69) is 11.9 Å². The molecule has 2 heterocycles. The summed E-state index contributed by atoms with van der Waals surface area (Å²) in [6.45, 7) is 2.98. The molecule has 0 aromatic carbocycles. The van der Waals surface area contributed by atoms with Gasteiger partial charge in [-0.1, -0.05) is 6.42 Å². The fourth-order valence-corrected chi connectivity index (χ4v) is 3.36. The van der Waals surface area contributed by atoms with Gasteiger partial charge in [-0.25, -0.2) is 4.98 Å². The minimum atomic E-state index is 0.107. The zero-order valence-corrected chi connectivity index (χ0v) is 12.8. The molecule has 0 N–H and O–H groups in total. The molecule has 1 amide bonds. The first-order valence-electron chi connectivity index (χ1n) is 8.18. The van der Waals surface area contributed by atoms with Gasteiger partial charge in [0.15, 0.2) is 0 Å². The number of amides is 1. The molecule has 0 radical (unpaired) electrons. The molecule has 1 saturated heterocycles. The van der Waals surface area contributed by atoms with E-state index in [4.69, 9.17) is 4.74 Å². The molecule has 1 aliphatic heterocycles. The van der Waals surface area contributed by atoms with Crippen molar-refractivity contribution in [3.8, 4) is 5.88 Å². The van der Waals surface area contributed by atoms with Crippen LogP contribution in [0.3, 0.4) is 0 Å². The molecule has 1 atom stereocenters. The number of hydrogen-bond donors (Lipinski definition) is 0. The summed E-state index contributed by atoms with van der Waals surface area (Å²) in [6.07, 6.45) is 10.1. The fraction of sp³-hybridized carbons (Fsp3) is 0.647. The molecule has 1 aliphatic carbocycles. The lowest BCUT2D eigenvalue weighted by atomic mass is 9.98. The van der Waals surface area contributed by atoms with E-state index in [9.17, 15) is 4.79 Å². The van der Waals surface area contributed by atoms with E-state index in [1.165, 1.54) is 19.3 Å². The van der Waals surface area contributed by atoms with Gasteiger partial charge in [0, 0.05) is 30.4 Å². The van der Waals surface area contributed by atoms with Crippen molar-refractivity contribution >= 4 is 5.91 Å². The average Bonchev–Trinajstić information content (AvgIpc) is 2.94. The fourth-order valence-electron chi connectivity index (χ4n) is 3.36. The minimum Gasteiger partial charge on any atom is -0.474 e. The summed E-state index contributed by atoms with van der Waals surface area (Å²) in [5.41, 5.74) is 0.699. The van der Waals surface area contributed by atoms with Gasteiger partial charge in [-0.05, 0) is 51.5 Å². The lowest BCUT2D eigenvalue weighted by molar-refractivity contribution is 0.0745. The lowest BCUT2D eigenvalue weighted by Crippen LogP contribution is -2.33. The summed E-state index contributed by atoms with van der Waals surface area (Å²) >= 11 is 0. The highest BCUT2D eigenvalue weighted by atomic mass is 16.5. The summed E-state index contributed by atoms with van der Waals surface area (Å²) in [5.74, 6) is 0.704. The van der Waals surface area contributed by atoms with Gasteiger partial charge in [0.05, 0.1) is 0 Å². The summed E-state index contributed by atoms with van der Waals surface area (Å²) in [4.78, 5) is 18.8. The second kappa shape index (κ2) is 6.46. The predicted octanol–water partition coefficient (Wildman–Crippen LogP) is 3.42. The molecule has 2 fully saturated rings. The Morgan fingerprint density at radius 1 is 1.24 bits per heavy atom. The maximum atomic E-state index is 12.5. The van der Waals surface area contributed by atoms with Crippen molar-refractivity contribution in [2.24, 2.45) is 0 Å². The maximum absolute atomic E-state index is 12.5. The van der Waals surface area contributed by atoms with Gasteiger partial charge in [0.1, 0.15) is 6.10 Å². The van der Waals surface area contributed by atoms with E-state index < -0.39 is 0 Å². The van der Waals surface area contributed by atoms with Crippen LogP contribution in [-0.4, -0.2) is 34.5 Å². The highest BCUT2D eigenvalue weighted by Crippen LogP contribution is 2.24. The van der Waals surface area contributed by atoms with Crippen LogP contribution in [0.2, 0.25) is 0 Å². The van der Waals surface area contributed by atoms with Crippen molar-refractivity contribution in [2.45, 2.75) is 64.0 Å². The summed E-state index contributed by atoms with van der Waals surface area (Å²) in [7, 11) is 0. The van der Waals surface area contributed by atoms with E-state index in [-0.39, 0.29) is 12.0 Å². The molecule has 0 spiro atoms. The molecule has 4 heteroatoms. The molecular formula is C17H24N2O2. The third kappa shape index (κ3) is 3.36. The van der Waals surface area contributed by atoms with E-state index in [1.807, 2.05) is 11.0 Å². The first kappa shape index (κ1) is 14.4. The van der Waals surface area contributed by atoms with Crippen LogP contribution in [-0.2, 0) is 0 Å². The average molecular weight is 288 g/mol. The van der Waals surface area contributed by atoms with Crippen LogP contribution in [0.25, 0.3) is 0 Å². The van der Waals surface area contributed by atoms with Gasteiger partial charge in [0.2, 0.25) is 5.88 Å². The van der Waals surface area contributed by atoms with Crippen molar-refractivity contribution in [3.63, 3.8) is 0 Å². The van der Waals surface area contributed by atoms with Gasteiger partial charge in [-0.15, -0.1) is 0 Å². The van der Waals surface area contributed by atoms with Crippen LogP contribution < -0.4 is 4.74 Å². The molecule has 114 valence electrons. The van der Waals surface area contributed by atoms with Crippen LogP contribution in [0.15, 0.2) is 18.3 Å². The molecule has 1 aromatic rings. The number of carbonyl (C=O) groups excluding carboxylic acids is 1. The van der Waals surface area contributed by atoms with E-state index >= 15 is 0 Å². The lowest BCUT2D eigenvalue weighted by Gasteiger charge is -2.23. The van der Waals surface area contributed by atoms with Crippen LogP contribution in [0.5, 0.6) is 5.88 Å². The monoisotopic (exact) mass is 288 g/mol. The highest BCUT2D eigenvalue weighted by Gasteiger charge is 2.26. The summed E-state index contributed by atoms with van der Waals surface area (Å²) < 4.78 is 5.95. The number of nitrogens with zero attached hydrogens (tertiary/aromatic N) is 2. The largest absolute Gasteiger partial charge is 0.474 e. The molecule has 1 saturated carbocycles. The Morgan fingerprint density at radius 2 is 2.05 bits per heavy atom. The Hall–Kier alpha value is -1.58. The number of hydrogen-bond acceptors (Lipinski definition) is 3. The topological polar surface area (TPSA) is 42.4 Å². The van der Waals surface area contributed by atoms with Gasteiger partial charge < -0.3 is 9.64 Å². The van der Waals surface area contributed by atoms with Gasteiger partial charge in [0.25, 0.3) is 5.91 Å². The molecule has 3 rings (SSSR count). The number of aromatic nitrogens is 1. The van der Waals surface area contributed by atoms with Gasteiger partial charge >= 0.3 is 0 Å². The third-order valence-corrected chi connectivity index (χ3v) is 4.64. The number of carbonyl (C=O) groups is 1. The summed E-state index contributed by atoms with van der Waals surface area (Å²) in [6, 6.07) is 3.94. The number of rotatable bonds is 3. The quantitative estimate of drug-likeness (QED) is 0.856. The molecular weight excluding hydrogens is 264 g/mol. The SMILES string of the molecule is C[C@H]1CCCN1C(=O)c1ccnc(OC2CCCCC2)c1. The molecule has 2 aliphatic rings. The van der Waals surface area contributed by atoms with Crippen LogP contribution >= 0.6 is 0 Å². The molecule has 1 aromatic heterocycles. The highest BCUT2D eigenvalue weighted by molar-refractivity contribution is 5.94. The second-order valence-electron chi connectivity index (χ2n) is 6.25. The Bertz CT molecular complexity index is 497. The first-order valence-corrected chi connectivity index (χ1v) is 8.18. The normalized spacial score (nSPS) is 23.3. The Kier molecular flexibility index (Phi) is 4.42. The predicted molar refractivity (Wildman–Crippen MR) is 81.5 cm³/mol. The smallest absolute Gasteiger partial charge is 0.254 e. The Morgan fingerprint density at radius 3 is 2.76 bits per heavy atom. The maximum Gasteiger partial charge on any atom is 0.254 e. The van der Waals surface area contributed by atoms with Crippen molar-refractivity contribution in [1.29, 1.82) is 0 Å². The zero-order valence-electron chi connectivity index (χ0n) is 12.8. The molecule has 0 bridgehead atoms. The second-order valence-corrected chi connectivity index (χ2v) is 6.25. The van der Waals surface area contributed by atoms with E-state index in [0.29, 0.717) is 17.5 Å². The van der Waals surface area contributed by atoms with Gasteiger partial charge in [-0.3, -0.25) is 4.79 Å². The molecule has 0 unspecified atom stereocenters. The standard InChI is InChI=1S/C17H24N2O2/c1-13-6-5-11-19(13)17(20)14-9-10-18-16(12-14)21-15-7-3-2-4-8-15/h9-10,12-13,15H,2-8,11H2,1H3/t13-/m0/s1. The zero-order chi connectivity index (χ0) is 14.7. The van der Waals surface area contributed by atoms with Crippen molar-refractivity contribution < 1.29 is 9.53 Å². The van der Waals surface area contributed by atoms with Crippen molar-refractivity contribution in [3.05, 3.63) is 23.9 Å². The van der Waals surface area contributed by atoms with Gasteiger partial charge in [-0.2, -0.15) is 0 Å². The van der Waals surface area contributed by atoms with Crippen LogP contribution in [0.1, 0.15) is 62.2 Å². The Balaban J connectivity index is 1.68. The third-order valence-electron chi connectivity index (χ3n) is 4.64. The minimum absolute atomic E-state index is 0.107. The Labute approximate surface area is 126 Å². The number of ether oxygens (including phenoxy) is 1. The molecule has 4 nitrogen and oxygen atoms in total. The first-order chi connectivity index (χ1) is 10.2. The van der Waals surface area contributed by atoms with Crippen LogP contribution in [0.4, 0.5) is 0 Å². The molecule has 21 heavy (non-hydrogen) atoms. The van der Waals surface area contributed by atoms with Crippen molar-refractivity contribution in [2.75, 3.05) is 6.54 Å². The number of pyridine rings is 1. The van der Waals surface area contributed by atoms with Crippen molar-refractivity contribution in [1.82, 2.24) is 9.88 Å². The van der Waals surface area contributed by atoms with Crippen LogP contribution in [0, 0.1) is 0 Å².